The van der Waals surface area contributed by atoms with Crippen molar-refractivity contribution in [3.63, 3.8) is 0 Å². The number of hydrogen-bond acceptors (Lipinski definition) is 6. The summed E-state index contributed by atoms with van der Waals surface area (Å²) in [6, 6.07) is 0. The molecule has 1 rings (SSSR count). The first kappa shape index (κ1) is 9.43. The van der Waals surface area contributed by atoms with E-state index in [2.05, 4.69) is 10.2 Å². The lowest BCUT2D eigenvalue weighted by molar-refractivity contribution is 0.184. The summed E-state index contributed by atoms with van der Waals surface area (Å²) in [6.07, 6.45) is 0. The standard InChI is InChI=1S/C5H6N2O3S2/c1-10-2-3-6-7-4(11-3)12-5(8)9/h2H2,1H3,(H,8,9). The molecule has 0 saturated carbocycles. The summed E-state index contributed by atoms with van der Waals surface area (Å²) in [6.45, 7) is 0.373. The topological polar surface area (TPSA) is 72.3 Å². The van der Waals surface area contributed by atoms with E-state index in [0.717, 1.165) is 0 Å². The molecule has 0 aliphatic carbocycles. The van der Waals surface area contributed by atoms with Crippen molar-refractivity contribution in [1.82, 2.24) is 10.2 Å². The minimum Gasteiger partial charge on any atom is -0.473 e. The predicted octanol–water partition coefficient (Wildman–Crippen LogP) is 1.45. The van der Waals surface area contributed by atoms with E-state index in [9.17, 15) is 4.79 Å². The van der Waals surface area contributed by atoms with Crippen molar-refractivity contribution in [2.24, 2.45) is 0 Å². The molecule has 0 amide bonds. The maximum atomic E-state index is 10.2. The fourth-order valence-corrected chi connectivity index (χ4v) is 1.98. The molecule has 0 fully saturated rings. The number of aromatic nitrogens is 2. The Balaban J connectivity index is 2.58. The Morgan fingerprint density at radius 2 is 2.50 bits per heavy atom. The van der Waals surface area contributed by atoms with Gasteiger partial charge in [-0.05, 0) is 0 Å². The minimum atomic E-state index is -0.977. The van der Waals surface area contributed by atoms with Crippen LogP contribution >= 0.6 is 23.1 Å². The average Bonchev–Trinajstić information content (AvgIpc) is 2.36. The molecule has 0 atom stereocenters. The molecule has 1 aromatic heterocycles. The summed E-state index contributed by atoms with van der Waals surface area (Å²) in [5.41, 5.74) is 0. The van der Waals surface area contributed by atoms with Crippen molar-refractivity contribution in [3.8, 4) is 0 Å². The minimum absolute atomic E-state index is 0.373. The van der Waals surface area contributed by atoms with Crippen LogP contribution in [0, 0.1) is 0 Å². The Labute approximate surface area is 76.8 Å². The van der Waals surface area contributed by atoms with Gasteiger partial charge in [-0.1, -0.05) is 11.3 Å². The number of nitrogens with zero attached hydrogens (tertiary/aromatic N) is 2. The smallest absolute Gasteiger partial charge is 0.372 e. The highest BCUT2D eigenvalue weighted by Crippen LogP contribution is 2.22. The number of carbonyl (C=O) groups is 1. The van der Waals surface area contributed by atoms with Crippen LogP contribution in [0.2, 0.25) is 0 Å². The first-order valence-electron chi connectivity index (χ1n) is 2.94. The second-order valence-electron chi connectivity index (χ2n) is 1.76. The van der Waals surface area contributed by atoms with Gasteiger partial charge in [0.2, 0.25) is 0 Å². The highest BCUT2D eigenvalue weighted by molar-refractivity contribution is 8.14. The van der Waals surface area contributed by atoms with Crippen LogP contribution in [0.3, 0.4) is 0 Å². The van der Waals surface area contributed by atoms with Crippen molar-refractivity contribution in [2.75, 3.05) is 7.11 Å². The van der Waals surface area contributed by atoms with Crippen LogP contribution < -0.4 is 0 Å². The lowest BCUT2D eigenvalue weighted by atomic mass is 10.8. The number of thioether (sulfide) groups is 1. The SMILES string of the molecule is COCc1nnc(SC(=O)O)s1. The number of rotatable bonds is 3. The average molecular weight is 206 g/mol. The van der Waals surface area contributed by atoms with E-state index in [-0.39, 0.29) is 0 Å². The Morgan fingerprint density at radius 3 is 3.08 bits per heavy atom. The molecule has 0 spiro atoms. The predicted molar refractivity (Wildman–Crippen MR) is 44.5 cm³/mol. The van der Waals surface area contributed by atoms with E-state index in [1.165, 1.54) is 11.3 Å². The van der Waals surface area contributed by atoms with E-state index < -0.39 is 5.30 Å². The molecule has 7 heteroatoms. The quantitative estimate of drug-likeness (QED) is 0.755. The van der Waals surface area contributed by atoms with E-state index in [1.54, 1.807) is 7.11 Å². The lowest BCUT2D eigenvalue weighted by Crippen LogP contribution is -1.84. The summed E-state index contributed by atoms with van der Waals surface area (Å²) in [5, 5.41) is 15.4. The Kier molecular flexibility index (Phi) is 3.45. The van der Waals surface area contributed by atoms with Gasteiger partial charge < -0.3 is 9.84 Å². The van der Waals surface area contributed by atoms with Crippen LogP contribution in [0.15, 0.2) is 4.34 Å². The van der Waals surface area contributed by atoms with Gasteiger partial charge in [0.15, 0.2) is 4.34 Å². The van der Waals surface area contributed by atoms with E-state index in [0.29, 0.717) is 27.7 Å². The van der Waals surface area contributed by atoms with Crippen molar-refractivity contribution < 1.29 is 14.6 Å². The molecule has 0 unspecified atom stereocenters. The van der Waals surface area contributed by atoms with Crippen molar-refractivity contribution >= 4 is 28.4 Å². The van der Waals surface area contributed by atoms with Crippen LogP contribution in [0.5, 0.6) is 0 Å². The third kappa shape index (κ3) is 2.76. The Bertz CT molecular complexity index is 275. The van der Waals surface area contributed by atoms with Gasteiger partial charge in [0.25, 0.3) is 0 Å². The summed E-state index contributed by atoms with van der Waals surface area (Å²) < 4.78 is 5.22. The van der Waals surface area contributed by atoms with Crippen molar-refractivity contribution in [1.29, 1.82) is 0 Å². The number of hydrogen-bond donors (Lipinski definition) is 1. The second-order valence-corrected chi connectivity index (χ2v) is 4.02. The molecule has 0 aromatic carbocycles. The van der Waals surface area contributed by atoms with Gasteiger partial charge >= 0.3 is 5.30 Å². The monoisotopic (exact) mass is 206 g/mol. The molecule has 1 aromatic rings. The fraction of sp³-hybridized carbons (Fsp3) is 0.400. The second kappa shape index (κ2) is 4.39. The molecule has 0 aliphatic rings. The normalized spacial score (nSPS) is 10.1. The van der Waals surface area contributed by atoms with E-state index in [1.807, 2.05) is 0 Å². The number of carboxylic acid groups (broad SMARTS) is 1. The van der Waals surface area contributed by atoms with Crippen LogP contribution in [0.25, 0.3) is 0 Å². The third-order valence-corrected chi connectivity index (χ3v) is 2.51. The van der Waals surface area contributed by atoms with Crippen LogP contribution in [-0.4, -0.2) is 27.7 Å². The molecular weight excluding hydrogens is 200 g/mol. The van der Waals surface area contributed by atoms with Gasteiger partial charge in [-0.3, -0.25) is 0 Å². The Hall–Kier alpha value is -0.660. The zero-order chi connectivity index (χ0) is 8.97. The molecular formula is C5H6N2O3S2. The highest BCUT2D eigenvalue weighted by Gasteiger charge is 2.08. The summed E-state index contributed by atoms with van der Waals surface area (Å²) in [4.78, 5) is 10.2. The number of ether oxygens (including phenoxy) is 1. The van der Waals surface area contributed by atoms with Gasteiger partial charge in [-0.2, -0.15) is 0 Å². The molecule has 0 saturated heterocycles. The third-order valence-electron chi connectivity index (χ3n) is 0.891. The maximum absolute atomic E-state index is 10.2. The van der Waals surface area contributed by atoms with Gasteiger partial charge in [-0.25, -0.2) is 4.79 Å². The molecule has 12 heavy (non-hydrogen) atoms. The highest BCUT2D eigenvalue weighted by atomic mass is 32.2. The fourth-order valence-electron chi connectivity index (χ4n) is 0.536. The summed E-state index contributed by atoms with van der Waals surface area (Å²) >= 11 is 1.87. The molecule has 66 valence electrons. The van der Waals surface area contributed by atoms with E-state index >= 15 is 0 Å². The molecule has 1 heterocycles. The molecule has 0 radical (unpaired) electrons. The molecule has 0 aliphatic heterocycles. The lowest BCUT2D eigenvalue weighted by Gasteiger charge is -1.87. The molecule has 0 bridgehead atoms. The van der Waals surface area contributed by atoms with Crippen molar-refractivity contribution in [2.45, 2.75) is 10.9 Å². The van der Waals surface area contributed by atoms with E-state index in [4.69, 9.17) is 9.84 Å². The zero-order valence-electron chi connectivity index (χ0n) is 6.18. The number of methoxy groups -OCH3 is 1. The van der Waals surface area contributed by atoms with Gasteiger partial charge in [0.1, 0.15) is 5.01 Å². The maximum Gasteiger partial charge on any atom is 0.372 e. The van der Waals surface area contributed by atoms with Crippen LogP contribution in [0.4, 0.5) is 4.79 Å². The van der Waals surface area contributed by atoms with Crippen LogP contribution in [-0.2, 0) is 11.3 Å². The van der Waals surface area contributed by atoms with Crippen LogP contribution in [0.1, 0.15) is 5.01 Å². The van der Waals surface area contributed by atoms with Gasteiger partial charge in [-0.15, -0.1) is 10.2 Å². The molecule has 5 nitrogen and oxygen atoms in total. The largest absolute Gasteiger partial charge is 0.473 e. The zero-order valence-corrected chi connectivity index (χ0v) is 7.81. The van der Waals surface area contributed by atoms with Gasteiger partial charge in [0.05, 0.1) is 6.61 Å². The molecule has 1 N–H and O–H groups in total. The first-order chi connectivity index (χ1) is 5.72. The summed E-state index contributed by atoms with van der Waals surface area (Å²) in [5.74, 6) is 0. The van der Waals surface area contributed by atoms with Gasteiger partial charge in [0, 0.05) is 18.9 Å². The summed E-state index contributed by atoms with van der Waals surface area (Å²) in [7, 11) is 1.55. The first-order valence-corrected chi connectivity index (χ1v) is 4.57. The Morgan fingerprint density at radius 1 is 1.75 bits per heavy atom. The van der Waals surface area contributed by atoms with Crippen molar-refractivity contribution in [3.05, 3.63) is 5.01 Å².